The first-order valence-electron chi connectivity index (χ1n) is 7.18. The molecule has 2 aromatic carbocycles. The maximum atomic E-state index is 12.8. The van der Waals surface area contributed by atoms with Gasteiger partial charge in [-0.25, -0.2) is 4.39 Å². The molecule has 1 unspecified atom stereocenters. The lowest BCUT2D eigenvalue weighted by Crippen LogP contribution is -2.35. The number of hydrogen-bond acceptors (Lipinski definition) is 3. The van der Waals surface area contributed by atoms with E-state index in [0.717, 1.165) is 6.42 Å². The fourth-order valence-corrected chi connectivity index (χ4v) is 1.92. The SMILES string of the molecule is CCCC(N)C(=O)Nc1ccc(Oc2ccc(F)cc2)cc1. The zero-order chi connectivity index (χ0) is 15.9. The predicted molar refractivity (Wildman–Crippen MR) is 84.4 cm³/mol. The van der Waals surface area contributed by atoms with Crippen molar-refractivity contribution in [2.75, 3.05) is 5.32 Å². The molecular weight excluding hydrogens is 283 g/mol. The van der Waals surface area contributed by atoms with Gasteiger partial charge in [0.05, 0.1) is 6.04 Å². The van der Waals surface area contributed by atoms with Crippen LogP contribution in [0.5, 0.6) is 11.5 Å². The average Bonchev–Trinajstić information content (AvgIpc) is 2.51. The van der Waals surface area contributed by atoms with Gasteiger partial charge in [0.25, 0.3) is 0 Å². The Kier molecular flexibility index (Phi) is 5.49. The van der Waals surface area contributed by atoms with Crippen molar-refractivity contribution in [2.45, 2.75) is 25.8 Å². The number of nitrogens with one attached hydrogen (secondary N) is 1. The molecule has 2 aromatic rings. The Balaban J connectivity index is 1.95. The summed E-state index contributed by atoms with van der Waals surface area (Å²) < 4.78 is 18.4. The molecule has 0 spiro atoms. The van der Waals surface area contributed by atoms with Crippen molar-refractivity contribution in [3.05, 3.63) is 54.3 Å². The highest BCUT2D eigenvalue weighted by molar-refractivity contribution is 5.94. The van der Waals surface area contributed by atoms with Crippen molar-refractivity contribution < 1.29 is 13.9 Å². The number of ether oxygens (including phenoxy) is 1. The summed E-state index contributed by atoms with van der Waals surface area (Å²) in [7, 11) is 0. The lowest BCUT2D eigenvalue weighted by Gasteiger charge is -2.12. The molecule has 0 saturated carbocycles. The second kappa shape index (κ2) is 7.56. The normalized spacial score (nSPS) is 11.8. The van der Waals surface area contributed by atoms with E-state index in [-0.39, 0.29) is 11.7 Å². The van der Waals surface area contributed by atoms with Gasteiger partial charge >= 0.3 is 0 Å². The summed E-state index contributed by atoms with van der Waals surface area (Å²) in [5.41, 5.74) is 6.41. The van der Waals surface area contributed by atoms with Crippen LogP contribution in [0.3, 0.4) is 0 Å². The van der Waals surface area contributed by atoms with Gasteiger partial charge in [-0.2, -0.15) is 0 Å². The van der Waals surface area contributed by atoms with Crippen LogP contribution < -0.4 is 15.8 Å². The van der Waals surface area contributed by atoms with E-state index in [9.17, 15) is 9.18 Å². The monoisotopic (exact) mass is 302 g/mol. The smallest absolute Gasteiger partial charge is 0.241 e. The van der Waals surface area contributed by atoms with Gasteiger partial charge in [0.2, 0.25) is 5.91 Å². The number of anilines is 1. The van der Waals surface area contributed by atoms with Crippen molar-refractivity contribution in [1.29, 1.82) is 0 Å². The minimum absolute atomic E-state index is 0.200. The molecule has 0 heterocycles. The van der Waals surface area contributed by atoms with Crippen molar-refractivity contribution in [2.24, 2.45) is 5.73 Å². The molecule has 1 atom stereocenters. The number of hydrogen-bond donors (Lipinski definition) is 2. The number of benzene rings is 2. The zero-order valence-corrected chi connectivity index (χ0v) is 12.4. The molecule has 0 bridgehead atoms. The van der Waals surface area contributed by atoms with Gasteiger partial charge in [-0.1, -0.05) is 13.3 Å². The van der Waals surface area contributed by atoms with Gasteiger partial charge in [-0.05, 0) is 55.0 Å². The number of carbonyl (C=O) groups is 1. The van der Waals surface area contributed by atoms with Crippen LogP contribution in [-0.2, 0) is 4.79 Å². The predicted octanol–water partition coefficient (Wildman–Crippen LogP) is 3.68. The molecular formula is C17H19FN2O2. The summed E-state index contributed by atoms with van der Waals surface area (Å²) in [5, 5.41) is 2.76. The van der Waals surface area contributed by atoms with Crippen LogP contribution >= 0.6 is 0 Å². The number of amides is 1. The van der Waals surface area contributed by atoms with E-state index in [1.807, 2.05) is 6.92 Å². The van der Waals surface area contributed by atoms with E-state index in [2.05, 4.69) is 5.32 Å². The Bertz CT molecular complexity index is 612. The van der Waals surface area contributed by atoms with Gasteiger partial charge in [0, 0.05) is 5.69 Å². The highest BCUT2D eigenvalue weighted by atomic mass is 19.1. The highest BCUT2D eigenvalue weighted by Gasteiger charge is 2.12. The van der Waals surface area contributed by atoms with E-state index < -0.39 is 6.04 Å². The van der Waals surface area contributed by atoms with Crippen molar-refractivity contribution in [3.8, 4) is 11.5 Å². The maximum absolute atomic E-state index is 12.8. The molecule has 3 N–H and O–H groups in total. The third kappa shape index (κ3) is 4.56. The molecule has 0 saturated heterocycles. The topological polar surface area (TPSA) is 64.4 Å². The standard InChI is InChI=1S/C17H19FN2O2/c1-2-3-16(19)17(21)20-13-6-10-15(11-7-13)22-14-8-4-12(18)5-9-14/h4-11,16H,2-3,19H2,1H3,(H,20,21). The Hall–Kier alpha value is -2.40. The Morgan fingerprint density at radius 3 is 2.23 bits per heavy atom. The lowest BCUT2D eigenvalue weighted by molar-refractivity contribution is -0.117. The summed E-state index contributed by atoms with van der Waals surface area (Å²) in [6.45, 7) is 1.98. The fraction of sp³-hybridized carbons (Fsp3) is 0.235. The van der Waals surface area contributed by atoms with Crippen LogP contribution in [0.25, 0.3) is 0 Å². The molecule has 0 aromatic heterocycles. The number of halogens is 1. The van der Waals surface area contributed by atoms with E-state index in [4.69, 9.17) is 10.5 Å². The third-order valence-corrected chi connectivity index (χ3v) is 3.11. The van der Waals surface area contributed by atoms with Crippen LogP contribution in [0.1, 0.15) is 19.8 Å². The first-order valence-corrected chi connectivity index (χ1v) is 7.18. The van der Waals surface area contributed by atoms with Crippen LogP contribution in [0.4, 0.5) is 10.1 Å². The molecule has 0 aliphatic heterocycles. The minimum atomic E-state index is -0.500. The van der Waals surface area contributed by atoms with Gasteiger partial charge in [0.15, 0.2) is 0 Å². The van der Waals surface area contributed by atoms with E-state index in [0.29, 0.717) is 23.6 Å². The number of rotatable bonds is 6. The second-order valence-corrected chi connectivity index (χ2v) is 4.96. The van der Waals surface area contributed by atoms with Gasteiger partial charge in [-0.3, -0.25) is 4.79 Å². The summed E-state index contributed by atoms with van der Waals surface area (Å²) in [4.78, 5) is 11.8. The fourth-order valence-electron chi connectivity index (χ4n) is 1.92. The van der Waals surface area contributed by atoms with Crippen molar-refractivity contribution in [3.63, 3.8) is 0 Å². The van der Waals surface area contributed by atoms with E-state index in [1.54, 1.807) is 36.4 Å². The molecule has 22 heavy (non-hydrogen) atoms. The zero-order valence-electron chi connectivity index (χ0n) is 12.4. The first-order chi connectivity index (χ1) is 10.6. The van der Waals surface area contributed by atoms with E-state index in [1.165, 1.54) is 12.1 Å². The van der Waals surface area contributed by atoms with Crippen molar-refractivity contribution in [1.82, 2.24) is 0 Å². The minimum Gasteiger partial charge on any atom is -0.457 e. The quantitative estimate of drug-likeness (QED) is 0.855. The van der Waals surface area contributed by atoms with Gasteiger partial charge < -0.3 is 15.8 Å². The average molecular weight is 302 g/mol. The van der Waals surface area contributed by atoms with Crippen molar-refractivity contribution >= 4 is 11.6 Å². The molecule has 2 rings (SSSR count). The van der Waals surface area contributed by atoms with Crippen LogP contribution in [0.2, 0.25) is 0 Å². The van der Waals surface area contributed by atoms with Crippen LogP contribution in [-0.4, -0.2) is 11.9 Å². The second-order valence-electron chi connectivity index (χ2n) is 4.96. The number of carbonyl (C=O) groups excluding carboxylic acids is 1. The van der Waals surface area contributed by atoms with Crippen LogP contribution in [0, 0.1) is 5.82 Å². The summed E-state index contributed by atoms with van der Waals surface area (Å²) >= 11 is 0. The molecule has 4 nitrogen and oxygen atoms in total. The van der Waals surface area contributed by atoms with Gasteiger partial charge in [-0.15, -0.1) is 0 Å². The molecule has 5 heteroatoms. The number of nitrogens with two attached hydrogens (primary N) is 1. The third-order valence-electron chi connectivity index (χ3n) is 3.11. The maximum Gasteiger partial charge on any atom is 0.241 e. The highest BCUT2D eigenvalue weighted by Crippen LogP contribution is 2.23. The Morgan fingerprint density at radius 2 is 1.68 bits per heavy atom. The van der Waals surface area contributed by atoms with Crippen LogP contribution in [0.15, 0.2) is 48.5 Å². The summed E-state index contributed by atoms with van der Waals surface area (Å²) in [6.07, 6.45) is 1.51. The summed E-state index contributed by atoms with van der Waals surface area (Å²) in [6, 6.07) is 12.2. The van der Waals surface area contributed by atoms with E-state index >= 15 is 0 Å². The Labute approximate surface area is 129 Å². The molecule has 0 aliphatic rings. The molecule has 116 valence electrons. The molecule has 0 radical (unpaired) electrons. The first kappa shape index (κ1) is 16.0. The molecule has 1 amide bonds. The molecule has 0 fully saturated rings. The molecule has 0 aliphatic carbocycles. The summed E-state index contributed by atoms with van der Waals surface area (Å²) in [5.74, 6) is 0.633. The lowest BCUT2D eigenvalue weighted by atomic mass is 10.1. The van der Waals surface area contributed by atoms with Gasteiger partial charge in [0.1, 0.15) is 17.3 Å². The largest absolute Gasteiger partial charge is 0.457 e. The Morgan fingerprint density at radius 1 is 1.14 bits per heavy atom.